The quantitative estimate of drug-likeness (QED) is 0.626. The number of amides is 2. The lowest BCUT2D eigenvalue weighted by Gasteiger charge is -2.37. The first-order chi connectivity index (χ1) is 14.5. The average Bonchev–Trinajstić information content (AvgIpc) is 2.77. The Balaban J connectivity index is 1.63. The van der Waals surface area contributed by atoms with Gasteiger partial charge in [0.05, 0.1) is 17.3 Å². The van der Waals surface area contributed by atoms with Crippen LogP contribution in [0.3, 0.4) is 0 Å². The molecular weight excluding hydrogens is 420 g/mol. The topological polar surface area (TPSA) is 72.6 Å². The first kappa shape index (κ1) is 20.3. The first-order valence-electron chi connectivity index (χ1n) is 9.35. The Kier molecular flexibility index (Phi) is 5.97. The Hall–Kier alpha value is -2.96. The van der Waals surface area contributed by atoms with Crippen LogP contribution in [0.25, 0.3) is 0 Å². The summed E-state index contributed by atoms with van der Waals surface area (Å²) in [7, 11) is 0. The molecule has 0 aromatic heterocycles. The van der Waals surface area contributed by atoms with E-state index in [1.165, 1.54) is 6.07 Å². The number of fused-ring (bicyclic) bond motifs is 1. The van der Waals surface area contributed by atoms with Crippen molar-refractivity contribution in [2.24, 2.45) is 5.73 Å². The molecular formula is C23H19ClN2O3S. The highest BCUT2D eigenvalue weighted by molar-refractivity contribution is 7.99. The third kappa shape index (κ3) is 4.15. The van der Waals surface area contributed by atoms with Gasteiger partial charge in [0.1, 0.15) is 5.75 Å². The number of ether oxygens (including phenoxy) is 1. The van der Waals surface area contributed by atoms with E-state index >= 15 is 0 Å². The van der Waals surface area contributed by atoms with Gasteiger partial charge in [-0.15, -0.1) is 11.8 Å². The molecule has 0 radical (unpaired) electrons. The molecule has 0 saturated carbocycles. The molecule has 152 valence electrons. The Morgan fingerprint density at radius 2 is 1.80 bits per heavy atom. The van der Waals surface area contributed by atoms with Crippen LogP contribution in [0.15, 0.2) is 77.7 Å². The van der Waals surface area contributed by atoms with Crippen molar-refractivity contribution < 1.29 is 14.3 Å². The average molecular weight is 439 g/mol. The van der Waals surface area contributed by atoms with Gasteiger partial charge in [-0.05, 0) is 35.9 Å². The molecule has 0 unspecified atom stereocenters. The normalized spacial score (nSPS) is 15.4. The molecule has 2 N–H and O–H groups in total. The van der Waals surface area contributed by atoms with Crippen LogP contribution in [0.2, 0.25) is 5.02 Å². The van der Waals surface area contributed by atoms with Crippen molar-refractivity contribution in [3.8, 4) is 5.75 Å². The van der Waals surface area contributed by atoms with Crippen LogP contribution < -0.4 is 15.4 Å². The van der Waals surface area contributed by atoms with Gasteiger partial charge in [0, 0.05) is 15.7 Å². The number of carbonyl (C=O) groups is 2. The smallest absolute Gasteiger partial charge is 0.265 e. The van der Waals surface area contributed by atoms with E-state index < -0.39 is 5.91 Å². The lowest BCUT2D eigenvalue weighted by atomic mass is 10.1. The Labute approximate surface area is 183 Å². The van der Waals surface area contributed by atoms with Gasteiger partial charge >= 0.3 is 0 Å². The zero-order valence-electron chi connectivity index (χ0n) is 16.0. The number of thioether (sulfide) groups is 1. The molecule has 30 heavy (non-hydrogen) atoms. The number of anilines is 1. The van der Waals surface area contributed by atoms with Crippen LogP contribution in [-0.2, 0) is 4.79 Å². The van der Waals surface area contributed by atoms with Crippen molar-refractivity contribution in [2.45, 2.75) is 10.9 Å². The van der Waals surface area contributed by atoms with Gasteiger partial charge in [-0.2, -0.15) is 0 Å². The van der Waals surface area contributed by atoms with Crippen LogP contribution in [0, 0.1) is 0 Å². The second kappa shape index (κ2) is 8.81. The lowest BCUT2D eigenvalue weighted by molar-refractivity contribution is -0.121. The first-order valence-corrected chi connectivity index (χ1v) is 10.7. The summed E-state index contributed by atoms with van der Waals surface area (Å²) in [6, 6.07) is 22.2. The summed E-state index contributed by atoms with van der Waals surface area (Å²) in [5, 5.41) is 0.369. The molecule has 0 saturated heterocycles. The molecule has 0 aliphatic carbocycles. The van der Waals surface area contributed by atoms with Crippen molar-refractivity contribution in [3.63, 3.8) is 0 Å². The van der Waals surface area contributed by atoms with E-state index in [9.17, 15) is 9.59 Å². The molecule has 2 amide bonds. The highest BCUT2D eigenvalue weighted by atomic mass is 35.5. The molecule has 0 fully saturated rings. The highest BCUT2D eigenvalue weighted by Gasteiger charge is 2.32. The number of hydrogen-bond donors (Lipinski definition) is 1. The van der Waals surface area contributed by atoms with Gasteiger partial charge in [0.2, 0.25) is 0 Å². The molecule has 5 nitrogen and oxygen atoms in total. The number of rotatable bonds is 5. The van der Waals surface area contributed by atoms with Crippen molar-refractivity contribution >= 4 is 40.9 Å². The second-order valence-electron chi connectivity index (χ2n) is 6.76. The molecule has 0 spiro atoms. The van der Waals surface area contributed by atoms with Crippen molar-refractivity contribution in [3.05, 3.63) is 88.9 Å². The zero-order valence-corrected chi connectivity index (χ0v) is 17.5. The van der Waals surface area contributed by atoms with Crippen LogP contribution in [0.1, 0.15) is 22.0 Å². The number of primary amides is 1. The van der Waals surface area contributed by atoms with E-state index in [2.05, 4.69) is 0 Å². The molecule has 1 heterocycles. The second-order valence-corrected chi connectivity index (χ2v) is 8.26. The van der Waals surface area contributed by atoms with Gasteiger partial charge in [-0.1, -0.05) is 54.1 Å². The van der Waals surface area contributed by atoms with Crippen LogP contribution in [-0.4, -0.2) is 24.2 Å². The number of carbonyl (C=O) groups excluding carboxylic acids is 2. The summed E-state index contributed by atoms with van der Waals surface area (Å²) in [6.07, 6.45) is 0. The maximum absolute atomic E-state index is 13.3. The third-order valence-corrected chi connectivity index (χ3v) is 6.22. The fourth-order valence-electron chi connectivity index (χ4n) is 3.45. The number of nitrogens with zero attached hydrogens (tertiary/aromatic N) is 1. The molecule has 3 aromatic carbocycles. The number of benzene rings is 3. The molecule has 3 aromatic rings. The third-order valence-electron chi connectivity index (χ3n) is 4.84. The van der Waals surface area contributed by atoms with Crippen LogP contribution >= 0.6 is 23.4 Å². The van der Waals surface area contributed by atoms with Gasteiger partial charge in [0.25, 0.3) is 11.8 Å². The number of para-hydroxylation sites is 1. The standard InChI is InChI=1S/C23H19ClN2O3S/c24-16-10-11-20(17(12-16)23(25)28)29-13-22(27)26-18-8-4-5-9-21(18)30-14-19(26)15-6-2-1-3-7-15/h1-12,19H,13-14H2,(H2,25,28)/t19-/m1/s1. The van der Waals surface area contributed by atoms with Crippen molar-refractivity contribution in [1.82, 2.24) is 0 Å². The minimum atomic E-state index is -0.665. The SMILES string of the molecule is NC(=O)c1cc(Cl)ccc1OCC(=O)N1c2ccccc2SC[C@@H]1c1ccccc1. The summed E-state index contributed by atoms with van der Waals surface area (Å²) >= 11 is 7.67. The van der Waals surface area contributed by atoms with Gasteiger partial charge in [-0.3, -0.25) is 14.5 Å². The summed E-state index contributed by atoms with van der Waals surface area (Å²) in [5.41, 5.74) is 7.46. The van der Waals surface area contributed by atoms with Crippen molar-refractivity contribution in [1.29, 1.82) is 0 Å². The van der Waals surface area contributed by atoms with Crippen LogP contribution in [0.5, 0.6) is 5.75 Å². The summed E-state index contributed by atoms with van der Waals surface area (Å²) in [4.78, 5) is 27.8. The molecule has 0 bridgehead atoms. The monoisotopic (exact) mass is 438 g/mol. The fraction of sp³-hybridized carbons (Fsp3) is 0.130. The van der Waals surface area contributed by atoms with E-state index in [0.29, 0.717) is 5.02 Å². The molecule has 1 aliphatic heterocycles. The molecule has 4 rings (SSSR count). The summed E-state index contributed by atoms with van der Waals surface area (Å²) in [5.74, 6) is 0.0975. The van der Waals surface area contributed by atoms with Gasteiger partial charge < -0.3 is 10.5 Å². The minimum Gasteiger partial charge on any atom is -0.483 e. The number of nitrogens with two attached hydrogens (primary N) is 1. The summed E-state index contributed by atoms with van der Waals surface area (Å²) in [6.45, 7) is -0.232. The maximum Gasteiger partial charge on any atom is 0.265 e. The minimum absolute atomic E-state index is 0.122. The lowest BCUT2D eigenvalue weighted by Crippen LogP contribution is -2.41. The van der Waals surface area contributed by atoms with Gasteiger partial charge in [-0.25, -0.2) is 0 Å². The largest absolute Gasteiger partial charge is 0.483 e. The summed E-state index contributed by atoms with van der Waals surface area (Å²) < 4.78 is 5.71. The van der Waals surface area contributed by atoms with E-state index in [1.54, 1.807) is 28.8 Å². The van der Waals surface area contributed by atoms with E-state index in [-0.39, 0.29) is 29.9 Å². The number of hydrogen-bond acceptors (Lipinski definition) is 4. The highest BCUT2D eigenvalue weighted by Crippen LogP contribution is 2.43. The fourth-order valence-corrected chi connectivity index (χ4v) is 4.79. The molecule has 1 atom stereocenters. The molecule has 7 heteroatoms. The van der Waals surface area contributed by atoms with E-state index in [0.717, 1.165) is 21.9 Å². The van der Waals surface area contributed by atoms with Gasteiger partial charge in [0.15, 0.2) is 6.61 Å². The predicted octanol–water partition coefficient (Wildman–Crippen LogP) is 4.70. The maximum atomic E-state index is 13.3. The Morgan fingerprint density at radius 1 is 1.07 bits per heavy atom. The van der Waals surface area contributed by atoms with Crippen molar-refractivity contribution in [2.75, 3.05) is 17.3 Å². The van der Waals surface area contributed by atoms with E-state index in [4.69, 9.17) is 22.1 Å². The Morgan fingerprint density at radius 3 is 2.57 bits per heavy atom. The Bertz CT molecular complexity index is 1090. The predicted molar refractivity (Wildman–Crippen MR) is 119 cm³/mol. The zero-order chi connectivity index (χ0) is 21.1. The van der Waals surface area contributed by atoms with E-state index in [1.807, 2.05) is 54.6 Å². The number of halogens is 1. The van der Waals surface area contributed by atoms with Crippen LogP contribution in [0.4, 0.5) is 5.69 Å². The molecule has 1 aliphatic rings.